The number of hydrogen-bond acceptors (Lipinski definition) is 5. The highest BCUT2D eigenvalue weighted by Crippen LogP contribution is 2.36. The Bertz CT molecular complexity index is 937. The molecule has 0 aromatic heterocycles. The molecule has 0 saturated carbocycles. The van der Waals surface area contributed by atoms with Crippen LogP contribution in [-0.2, 0) is 11.2 Å². The van der Waals surface area contributed by atoms with Gasteiger partial charge < -0.3 is 24.3 Å². The third-order valence-corrected chi connectivity index (χ3v) is 5.00. The zero-order chi connectivity index (χ0) is 21.7. The lowest BCUT2D eigenvalue weighted by Crippen LogP contribution is -2.25. The molecule has 2 aromatic rings. The molecular weight excluding hydrogens is 382 g/mol. The monoisotopic (exact) mass is 411 g/mol. The van der Waals surface area contributed by atoms with Crippen LogP contribution in [0.5, 0.6) is 23.0 Å². The van der Waals surface area contributed by atoms with Gasteiger partial charge in [0, 0.05) is 29.2 Å². The maximum Gasteiger partial charge on any atom is 0.244 e. The minimum absolute atomic E-state index is 0.149. The molecule has 160 valence electrons. The smallest absolute Gasteiger partial charge is 0.244 e. The highest BCUT2D eigenvalue weighted by molar-refractivity contribution is 5.92. The van der Waals surface area contributed by atoms with Crippen LogP contribution in [0.3, 0.4) is 0 Å². The molecule has 1 amide bonds. The average Bonchev–Trinajstić information content (AvgIpc) is 3.10. The van der Waals surface area contributed by atoms with Gasteiger partial charge in [-0.15, -0.1) is 0 Å². The fourth-order valence-electron chi connectivity index (χ4n) is 3.55. The summed E-state index contributed by atoms with van der Waals surface area (Å²) in [5.41, 5.74) is 2.78. The molecule has 6 nitrogen and oxygen atoms in total. The summed E-state index contributed by atoms with van der Waals surface area (Å²) in [7, 11) is 3.21. The number of carbonyl (C=O) groups is 1. The first-order valence-corrected chi connectivity index (χ1v) is 10.1. The zero-order valence-electron chi connectivity index (χ0n) is 18.2. The first-order chi connectivity index (χ1) is 14.4. The number of rotatable bonds is 8. The number of carbonyl (C=O) groups excluding carboxylic acids is 1. The van der Waals surface area contributed by atoms with E-state index in [1.165, 1.54) is 6.08 Å². The normalized spacial score (nSPS) is 16.0. The predicted octanol–water partition coefficient (Wildman–Crippen LogP) is 4.32. The van der Waals surface area contributed by atoms with Gasteiger partial charge in [0.1, 0.15) is 29.1 Å². The second-order valence-electron chi connectivity index (χ2n) is 7.23. The van der Waals surface area contributed by atoms with E-state index < -0.39 is 0 Å². The summed E-state index contributed by atoms with van der Waals surface area (Å²) in [4.78, 5) is 12.6. The van der Waals surface area contributed by atoms with Crippen molar-refractivity contribution >= 4 is 12.0 Å². The summed E-state index contributed by atoms with van der Waals surface area (Å²) in [6, 6.07) is 9.18. The summed E-state index contributed by atoms with van der Waals surface area (Å²) in [6.07, 6.45) is 4.27. The summed E-state index contributed by atoms with van der Waals surface area (Å²) >= 11 is 0. The third kappa shape index (κ3) is 4.87. The van der Waals surface area contributed by atoms with Gasteiger partial charge >= 0.3 is 0 Å². The molecule has 0 spiro atoms. The van der Waals surface area contributed by atoms with Crippen LogP contribution >= 0.6 is 0 Å². The van der Waals surface area contributed by atoms with E-state index in [1.807, 2.05) is 51.1 Å². The number of nitrogens with one attached hydrogen (secondary N) is 1. The third-order valence-electron chi connectivity index (χ3n) is 5.00. The van der Waals surface area contributed by atoms with Crippen LogP contribution in [0.25, 0.3) is 6.08 Å². The number of hydrogen-bond donors (Lipinski definition) is 1. The molecule has 1 heterocycles. The van der Waals surface area contributed by atoms with Crippen LogP contribution in [0.1, 0.15) is 43.5 Å². The van der Waals surface area contributed by atoms with Gasteiger partial charge in [0.25, 0.3) is 0 Å². The van der Waals surface area contributed by atoms with Gasteiger partial charge in [-0.1, -0.05) is 0 Å². The highest BCUT2D eigenvalue weighted by Gasteiger charge is 2.21. The minimum Gasteiger partial charge on any atom is -0.497 e. The summed E-state index contributed by atoms with van der Waals surface area (Å²) in [5, 5.41) is 2.97. The molecule has 2 aromatic carbocycles. The Kier molecular flexibility index (Phi) is 6.87. The van der Waals surface area contributed by atoms with E-state index in [0.717, 1.165) is 34.6 Å². The van der Waals surface area contributed by atoms with Gasteiger partial charge in [0.2, 0.25) is 5.91 Å². The van der Waals surface area contributed by atoms with Gasteiger partial charge in [-0.05, 0) is 57.2 Å². The van der Waals surface area contributed by atoms with E-state index in [2.05, 4.69) is 5.32 Å². The second-order valence-corrected chi connectivity index (χ2v) is 7.23. The first-order valence-electron chi connectivity index (χ1n) is 10.1. The topological polar surface area (TPSA) is 66.0 Å². The largest absolute Gasteiger partial charge is 0.497 e. The lowest BCUT2D eigenvalue weighted by molar-refractivity contribution is -0.117. The van der Waals surface area contributed by atoms with Crippen molar-refractivity contribution in [1.29, 1.82) is 0 Å². The molecule has 1 aliphatic heterocycles. The Morgan fingerprint density at radius 1 is 1.23 bits per heavy atom. The maximum absolute atomic E-state index is 12.6. The fraction of sp³-hybridized carbons (Fsp3) is 0.375. The average molecular weight is 411 g/mol. The van der Waals surface area contributed by atoms with Crippen LogP contribution in [0, 0.1) is 0 Å². The Morgan fingerprint density at radius 2 is 2.03 bits per heavy atom. The molecule has 0 bridgehead atoms. The van der Waals surface area contributed by atoms with Gasteiger partial charge in [-0.25, -0.2) is 0 Å². The standard InChI is InChI=1S/C24H29NO5/c1-6-29-22-13-18-11-15(2)30-23(18)12-17(22)7-10-24(26)25-16(3)20-14-19(27-4)8-9-21(20)28-5/h7-10,12-16H,6,11H2,1-5H3,(H,25,26)/b10-7+/t15-,16-/m0/s1. The molecule has 0 saturated heterocycles. The molecule has 6 heteroatoms. The van der Waals surface area contributed by atoms with E-state index in [0.29, 0.717) is 18.1 Å². The van der Waals surface area contributed by atoms with Crippen molar-refractivity contribution in [2.24, 2.45) is 0 Å². The molecule has 2 atom stereocenters. The van der Waals surface area contributed by atoms with E-state index in [1.54, 1.807) is 20.3 Å². The molecule has 0 fully saturated rings. The minimum atomic E-state index is -0.261. The van der Waals surface area contributed by atoms with Crippen LogP contribution in [0.15, 0.2) is 36.4 Å². The van der Waals surface area contributed by atoms with Crippen LogP contribution in [-0.4, -0.2) is 32.8 Å². The van der Waals surface area contributed by atoms with Crippen molar-refractivity contribution in [2.75, 3.05) is 20.8 Å². The molecule has 1 N–H and O–H groups in total. The van der Waals surface area contributed by atoms with E-state index in [-0.39, 0.29) is 18.1 Å². The Morgan fingerprint density at radius 3 is 2.73 bits per heavy atom. The molecule has 1 aliphatic rings. The number of ether oxygens (including phenoxy) is 4. The highest BCUT2D eigenvalue weighted by atomic mass is 16.5. The van der Waals surface area contributed by atoms with Crippen LogP contribution in [0.2, 0.25) is 0 Å². The Balaban J connectivity index is 1.76. The van der Waals surface area contributed by atoms with E-state index in [4.69, 9.17) is 18.9 Å². The van der Waals surface area contributed by atoms with Crippen LogP contribution in [0.4, 0.5) is 0 Å². The van der Waals surface area contributed by atoms with Crippen molar-refractivity contribution in [1.82, 2.24) is 5.32 Å². The number of benzene rings is 2. The predicted molar refractivity (Wildman–Crippen MR) is 117 cm³/mol. The van der Waals surface area contributed by atoms with E-state index in [9.17, 15) is 4.79 Å². The zero-order valence-corrected chi connectivity index (χ0v) is 18.2. The molecular formula is C24H29NO5. The van der Waals surface area contributed by atoms with E-state index >= 15 is 0 Å². The van der Waals surface area contributed by atoms with Gasteiger partial charge in [0.15, 0.2) is 0 Å². The van der Waals surface area contributed by atoms with Crippen molar-refractivity contribution in [2.45, 2.75) is 39.3 Å². The lowest BCUT2D eigenvalue weighted by Gasteiger charge is -2.17. The van der Waals surface area contributed by atoms with Gasteiger partial charge in [-0.2, -0.15) is 0 Å². The molecule has 30 heavy (non-hydrogen) atoms. The van der Waals surface area contributed by atoms with Crippen LogP contribution < -0.4 is 24.3 Å². The lowest BCUT2D eigenvalue weighted by atomic mass is 10.1. The summed E-state index contributed by atoms with van der Waals surface area (Å²) in [6.45, 7) is 6.43. The Hall–Kier alpha value is -3.15. The van der Waals surface area contributed by atoms with Crippen molar-refractivity contribution < 1.29 is 23.7 Å². The number of methoxy groups -OCH3 is 2. The SMILES string of the molecule is CCOc1cc2c(cc1/C=C/C(=O)N[C@@H](C)c1cc(OC)ccc1OC)O[C@@H](C)C2. The summed E-state index contributed by atoms with van der Waals surface area (Å²) in [5.74, 6) is 2.78. The Labute approximate surface area is 177 Å². The maximum atomic E-state index is 12.6. The fourth-order valence-corrected chi connectivity index (χ4v) is 3.55. The summed E-state index contributed by atoms with van der Waals surface area (Å²) < 4.78 is 22.3. The number of fused-ring (bicyclic) bond motifs is 1. The first kappa shape index (κ1) is 21.6. The van der Waals surface area contributed by atoms with Gasteiger partial charge in [-0.3, -0.25) is 4.79 Å². The molecule has 0 radical (unpaired) electrons. The number of amides is 1. The van der Waals surface area contributed by atoms with Gasteiger partial charge in [0.05, 0.1) is 26.9 Å². The quantitative estimate of drug-likeness (QED) is 0.656. The second kappa shape index (κ2) is 9.57. The van der Waals surface area contributed by atoms with Crippen molar-refractivity contribution in [3.63, 3.8) is 0 Å². The molecule has 0 unspecified atom stereocenters. The van der Waals surface area contributed by atoms with Crippen molar-refractivity contribution in [3.05, 3.63) is 53.1 Å². The molecule has 0 aliphatic carbocycles. The van der Waals surface area contributed by atoms with Crippen molar-refractivity contribution in [3.8, 4) is 23.0 Å². The molecule has 3 rings (SSSR count).